The van der Waals surface area contributed by atoms with Gasteiger partial charge in [0.2, 0.25) is 5.60 Å². The molecule has 1 aliphatic rings. The highest BCUT2D eigenvalue weighted by molar-refractivity contribution is 7.87. The predicted molar refractivity (Wildman–Crippen MR) is 236 cm³/mol. The molecule has 17 nitrogen and oxygen atoms in total. The van der Waals surface area contributed by atoms with Gasteiger partial charge in [-0.25, -0.2) is 4.18 Å². The molecular formula is C44H39NO16S4. The van der Waals surface area contributed by atoms with Crippen molar-refractivity contribution < 1.29 is 64.8 Å². The van der Waals surface area contributed by atoms with Gasteiger partial charge in [0.15, 0.2) is 11.9 Å². The Hall–Kier alpha value is -6.20. The molecule has 0 aliphatic heterocycles. The highest BCUT2D eigenvalue weighted by Gasteiger charge is 2.63. The van der Waals surface area contributed by atoms with Gasteiger partial charge >= 0.3 is 26.5 Å². The van der Waals surface area contributed by atoms with Crippen molar-refractivity contribution in [1.29, 1.82) is 0 Å². The van der Waals surface area contributed by atoms with Crippen molar-refractivity contribution in [3.63, 3.8) is 0 Å². The maximum atomic E-state index is 14.5. The van der Waals surface area contributed by atoms with Crippen LogP contribution in [0, 0.1) is 30.9 Å². The molecule has 0 aromatic heterocycles. The van der Waals surface area contributed by atoms with Crippen molar-refractivity contribution >= 4 is 62.0 Å². The Morgan fingerprint density at radius 2 is 1.02 bits per heavy atom. The lowest BCUT2D eigenvalue weighted by Gasteiger charge is -2.38. The number of hydrogen-bond acceptors (Lipinski definition) is 16. The number of ether oxygens (including phenoxy) is 2. The van der Waals surface area contributed by atoms with Gasteiger partial charge < -0.3 is 13.7 Å². The molecule has 3 atom stereocenters. The number of methoxy groups -OCH3 is 2. The quantitative estimate of drug-likeness (QED) is 0.0311. The summed E-state index contributed by atoms with van der Waals surface area (Å²) in [5.41, 5.74) is -1.73. The molecule has 3 unspecified atom stereocenters. The summed E-state index contributed by atoms with van der Waals surface area (Å²) in [4.78, 5) is 9.68. The van der Waals surface area contributed by atoms with Crippen molar-refractivity contribution in [2.45, 2.75) is 58.3 Å². The number of allylic oxidation sites excluding steroid dienone is 2. The van der Waals surface area contributed by atoms with Gasteiger partial charge in [-0.3, -0.25) is 14.3 Å². The Bertz CT molecular complexity index is 3360. The van der Waals surface area contributed by atoms with E-state index in [9.17, 15) is 43.8 Å². The lowest BCUT2D eigenvalue weighted by atomic mass is 9.89. The zero-order chi connectivity index (χ0) is 47.1. The molecule has 6 aromatic carbocycles. The second-order valence-electron chi connectivity index (χ2n) is 14.7. The van der Waals surface area contributed by atoms with E-state index in [0.717, 1.165) is 60.7 Å². The van der Waals surface area contributed by atoms with Crippen molar-refractivity contribution in [3.05, 3.63) is 166 Å². The maximum Gasteiger partial charge on any atom is 0.366 e. The van der Waals surface area contributed by atoms with Crippen LogP contribution in [0.4, 0.5) is 0 Å². The predicted octanol–water partition coefficient (Wildman–Crippen LogP) is 7.02. The normalized spacial score (nSPS) is 17.4. The number of benzene rings is 6. The maximum absolute atomic E-state index is 14.5. The fourth-order valence-electron chi connectivity index (χ4n) is 7.04. The van der Waals surface area contributed by atoms with Crippen LogP contribution in [0.25, 0.3) is 21.5 Å². The fourth-order valence-corrected chi connectivity index (χ4v) is 11.3. The van der Waals surface area contributed by atoms with E-state index in [1.54, 1.807) is 45.0 Å². The van der Waals surface area contributed by atoms with Crippen LogP contribution in [0.2, 0.25) is 0 Å². The molecule has 0 amide bonds. The molecule has 21 heteroatoms. The zero-order valence-corrected chi connectivity index (χ0v) is 38.2. The summed E-state index contributed by atoms with van der Waals surface area (Å²) in [6.45, 7) is 4.95. The van der Waals surface area contributed by atoms with Crippen molar-refractivity contribution in [1.82, 2.24) is 0 Å². The third kappa shape index (κ3) is 9.21. The van der Waals surface area contributed by atoms with Gasteiger partial charge in [0.05, 0.1) is 33.8 Å². The molecule has 0 bridgehead atoms. The highest BCUT2D eigenvalue weighted by atomic mass is 32.2. The Morgan fingerprint density at radius 3 is 1.51 bits per heavy atom. The van der Waals surface area contributed by atoms with Crippen LogP contribution in [0.1, 0.15) is 16.7 Å². The summed E-state index contributed by atoms with van der Waals surface area (Å²) >= 11 is 0. The van der Waals surface area contributed by atoms with Crippen LogP contribution in [0.5, 0.6) is 11.5 Å². The topological polar surface area (TPSA) is 235 Å². The van der Waals surface area contributed by atoms with Gasteiger partial charge in [-0.1, -0.05) is 83.4 Å². The molecular weight excluding hydrogens is 927 g/mol. The van der Waals surface area contributed by atoms with Crippen LogP contribution in [0.3, 0.4) is 0 Å². The van der Waals surface area contributed by atoms with Gasteiger partial charge in [-0.15, -0.1) is 0 Å². The second-order valence-corrected chi connectivity index (χ2v) is 21.0. The molecule has 6 aromatic rings. The third-order valence-corrected chi connectivity index (χ3v) is 15.5. The second kappa shape index (κ2) is 17.6. The summed E-state index contributed by atoms with van der Waals surface area (Å²) in [7, 11) is -18.3. The van der Waals surface area contributed by atoms with E-state index in [-0.39, 0.29) is 11.1 Å². The summed E-state index contributed by atoms with van der Waals surface area (Å²) in [6, 6.07) is 25.3. The van der Waals surface area contributed by atoms with Crippen LogP contribution < -0.4 is 9.47 Å². The van der Waals surface area contributed by atoms with E-state index < -0.39 is 88.7 Å². The Labute approximate surface area is 375 Å². The molecule has 0 N–H and O–H groups in total. The van der Waals surface area contributed by atoms with Crippen LogP contribution in [-0.2, 0) is 57.2 Å². The molecule has 1 aliphatic carbocycles. The zero-order valence-electron chi connectivity index (χ0n) is 35.0. The molecule has 0 heterocycles. The van der Waals surface area contributed by atoms with Crippen LogP contribution in [0.15, 0.2) is 159 Å². The van der Waals surface area contributed by atoms with E-state index >= 15 is 0 Å². The minimum absolute atomic E-state index is 0.154. The molecule has 0 saturated heterocycles. The lowest BCUT2D eigenvalue weighted by molar-refractivity contribution is -0.583. The number of nitro groups is 1. The first kappa shape index (κ1) is 46.8. The number of fused-ring (bicyclic) bond motifs is 2. The fraction of sp³-hybridized carbons (Fsp3) is 0.182. The van der Waals surface area contributed by atoms with Gasteiger partial charge in [-0.2, -0.15) is 37.9 Å². The highest BCUT2D eigenvalue weighted by Crippen LogP contribution is 2.45. The van der Waals surface area contributed by atoms with Gasteiger partial charge in [-0.05, 0) is 87.5 Å². The van der Waals surface area contributed by atoms with E-state index in [2.05, 4.69) is 0 Å². The van der Waals surface area contributed by atoms with Crippen molar-refractivity contribution in [3.8, 4) is 11.5 Å². The molecule has 0 spiro atoms. The molecule has 7 rings (SSSR count). The number of aryl methyl sites for hydroxylation is 3. The lowest BCUT2D eigenvalue weighted by Crippen LogP contribution is -2.61. The third-order valence-electron chi connectivity index (χ3n) is 10.3. The summed E-state index contributed by atoms with van der Waals surface area (Å²) in [6.07, 6.45) is -3.84. The van der Waals surface area contributed by atoms with Crippen LogP contribution >= 0.6 is 0 Å². The molecule has 340 valence electrons. The van der Waals surface area contributed by atoms with E-state index in [1.807, 2.05) is 0 Å². The first-order valence-corrected chi connectivity index (χ1v) is 24.8. The number of rotatable bonds is 16. The SMILES string of the molecule is COc1c2ccccc2c(OC)c2cc(S(=O)(=O)OC([N+](=O)[O-])C3(OS(=O)(=O)c4ccc(C)cc4)C=CC=C(OS(=O)(=O)c4ccc(C)cc4)C3OS(=O)(=O)c3ccc(C)cc3)ccc12. The monoisotopic (exact) mass is 965 g/mol. The van der Waals surface area contributed by atoms with Gasteiger partial charge in [0, 0.05) is 21.5 Å². The van der Waals surface area contributed by atoms with Gasteiger partial charge in [0.1, 0.15) is 16.4 Å². The molecule has 0 radical (unpaired) electrons. The minimum atomic E-state index is -5.46. The average Bonchev–Trinajstić information content (AvgIpc) is 3.25. The smallest absolute Gasteiger partial charge is 0.366 e. The molecule has 65 heavy (non-hydrogen) atoms. The summed E-state index contributed by atoms with van der Waals surface area (Å²) in [5, 5.41) is 15.1. The molecule has 0 saturated carbocycles. The largest absolute Gasteiger partial charge is 0.495 e. The number of nitrogens with zero attached hydrogens (tertiary/aromatic N) is 1. The van der Waals surface area contributed by atoms with E-state index in [1.165, 1.54) is 56.7 Å². The summed E-state index contributed by atoms with van der Waals surface area (Å²) in [5.74, 6) is -0.555. The van der Waals surface area contributed by atoms with Crippen LogP contribution in [-0.4, -0.2) is 70.7 Å². The van der Waals surface area contributed by atoms with Gasteiger partial charge in [0.25, 0.3) is 20.2 Å². The van der Waals surface area contributed by atoms with Crippen molar-refractivity contribution in [2.24, 2.45) is 0 Å². The minimum Gasteiger partial charge on any atom is -0.495 e. The first-order chi connectivity index (χ1) is 30.6. The van der Waals surface area contributed by atoms with Crippen molar-refractivity contribution in [2.75, 3.05) is 14.2 Å². The number of hydrogen-bond donors (Lipinski definition) is 0. The Kier molecular flexibility index (Phi) is 12.7. The Morgan fingerprint density at radius 1 is 0.569 bits per heavy atom. The van der Waals surface area contributed by atoms with E-state index in [0.29, 0.717) is 44.7 Å². The Balaban J connectivity index is 1.45. The standard InChI is InChI=1S/C44H39NO16S4/c1-28-12-18-31(19-13-28)62(48,49)58-39-11-8-26-44(61-65(54,55)33-22-16-30(3)17-23-33,42(39)59-63(50,51)32-20-14-29(2)15-21-32)43(45(46)47)60-64(52,53)34-24-25-37-38(27-34)41(57-5)36-10-7-6-9-35(36)40(37)56-4/h6-27,42-43H,1-5H3. The summed E-state index contributed by atoms with van der Waals surface area (Å²) < 4.78 is 147. The van der Waals surface area contributed by atoms with E-state index in [4.69, 9.17) is 26.2 Å². The first-order valence-electron chi connectivity index (χ1n) is 19.2. The molecule has 0 fully saturated rings. The average molecular weight is 966 g/mol.